The summed E-state index contributed by atoms with van der Waals surface area (Å²) in [6.07, 6.45) is 0. The molecule has 4 nitrogen and oxygen atoms in total. The van der Waals surface area contributed by atoms with Crippen LogP contribution >= 0.6 is 11.6 Å². The van der Waals surface area contributed by atoms with Crippen molar-refractivity contribution in [1.82, 2.24) is 0 Å². The number of halogens is 1. The van der Waals surface area contributed by atoms with Crippen molar-refractivity contribution in [3.05, 3.63) is 71.8 Å². The second kappa shape index (κ2) is 7.25. The van der Waals surface area contributed by atoms with E-state index in [-0.39, 0.29) is 11.1 Å². The number of carbonyl (C=O) groups excluding carboxylic acids is 2. The van der Waals surface area contributed by atoms with Crippen LogP contribution in [0.4, 0.5) is 0 Å². The number of rotatable bonds is 4. The fourth-order valence-corrected chi connectivity index (χ4v) is 2.82. The number of hydrogen-bond donors (Lipinski definition) is 0. The molecule has 5 heteroatoms. The van der Waals surface area contributed by atoms with Gasteiger partial charge in [0.1, 0.15) is 11.5 Å². The zero-order valence-corrected chi connectivity index (χ0v) is 15.7. The highest BCUT2D eigenvalue weighted by Crippen LogP contribution is 2.44. The van der Waals surface area contributed by atoms with Crippen molar-refractivity contribution in [3.8, 4) is 11.5 Å². The number of ether oxygens (including phenoxy) is 2. The molecule has 0 bridgehead atoms. The predicted octanol–water partition coefficient (Wildman–Crippen LogP) is 5.61. The van der Waals surface area contributed by atoms with Crippen LogP contribution in [-0.4, -0.2) is 11.9 Å². The molecule has 0 aliphatic heterocycles. The minimum atomic E-state index is -0.548. The minimum absolute atomic E-state index is 0.270. The van der Waals surface area contributed by atoms with Crippen LogP contribution in [0.15, 0.2) is 66.8 Å². The van der Waals surface area contributed by atoms with Crippen LogP contribution in [0.25, 0.3) is 21.5 Å². The summed E-state index contributed by atoms with van der Waals surface area (Å²) in [4.78, 5) is 24.4. The van der Waals surface area contributed by atoms with Gasteiger partial charge in [0.15, 0.2) is 0 Å². The van der Waals surface area contributed by atoms with Gasteiger partial charge in [-0.25, -0.2) is 9.59 Å². The molecule has 136 valence electrons. The van der Waals surface area contributed by atoms with E-state index in [9.17, 15) is 9.59 Å². The van der Waals surface area contributed by atoms with Crippen molar-refractivity contribution < 1.29 is 19.1 Å². The molecule has 0 spiro atoms. The van der Waals surface area contributed by atoms with Crippen LogP contribution in [-0.2, 0) is 9.59 Å². The molecule has 0 heterocycles. The zero-order chi connectivity index (χ0) is 19.7. The summed E-state index contributed by atoms with van der Waals surface area (Å²) in [6.45, 7) is 10.4. The largest absolute Gasteiger partial charge is 0.422 e. The fourth-order valence-electron chi connectivity index (χ4n) is 2.65. The maximum Gasteiger partial charge on any atom is 0.338 e. The van der Waals surface area contributed by atoms with E-state index in [4.69, 9.17) is 21.1 Å². The third-order valence-electron chi connectivity index (χ3n) is 3.97. The maximum atomic E-state index is 12.2. The van der Waals surface area contributed by atoms with Gasteiger partial charge in [0.05, 0.1) is 0 Å². The van der Waals surface area contributed by atoms with E-state index in [1.54, 1.807) is 50.2 Å². The quantitative estimate of drug-likeness (QED) is 0.255. The Morgan fingerprint density at radius 3 is 1.70 bits per heavy atom. The molecule has 3 aromatic carbocycles. The van der Waals surface area contributed by atoms with Crippen LogP contribution in [0.3, 0.4) is 0 Å². The second-order valence-electron chi connectivity index (χ2n) is 6.23. The zero-order valence-electron chi connectivity index (χ0n) is 15.0. The smallest absolute Gasteiger partial charge is 0.338 e. The first-order valence-corrected chi connectivity index (χ1v) is 8.56. The Hall–Kier alpha value is -3.11. The highest BCUT2D eigenvalue weighted by molar-refractivity contribution is 6.32. The van der Waals surface area contributed by atoms with Gasteiger partial charge >= 0.3 is 11.9 Å². The van der Waals surface area contributed by atoms with Crippen LogP contribution < -0.4 is 9.47 Å². The summed E-state index contributed by atoms with van der Waals surface area (Å²) in [5.74, 6) is -0.386. The van der Waals surface area contributed by atoms with Crippen molar-refractivity contribution in [2.45, 2.75) is 13.8 Å². The Morgan fingerprint density at radius 1 is 0.778 bits per heavy atom. The van der Waals surface area contributed by atoms with E-state index in [1.807, 2.05) is 6.07 Å². The molecule has 0 aliphatic carbocycles. The van der Waals surface area contributed by atoms with Gasteiger partial charge in [0, 0.05) is 37.7 Å². The Bertz CT molecular complexity index is 1130. The standard InChI is InChI=1S/C22H17ClO4/c1-12(2)21(24)26-19-15-7-5-6-8-16(15)20(27-22(25)13(3)4)18-11-14(23)9-10-17(18)19/h5-11H,1,3H2,2,4H3. The van der Waals surface area contributed by atoms with Crippen LogP contribution in [0.5, 0.6) is 11.5 Å². The van der Waals surface area contributed by atoms with Gasteiger partial charge in [0.2, 0.25) is 0 Å². The molecule has 0 radical (unpaired) electrons. The molecular formula is C22H17ClO4. The lowest BCUT2D eigenvalue weighted by Crippen LogP contribution is -2.11. The van der Waals surface area contributed by atoms with Crippen molar-refractivity contribution in [3.63, 3.8) is 0 Å². The molecule has 3 rings (SSSR count). The number of carbonyl (C=O) groups is 2. The van der Waals surface area contributed by atoms with E-state index in [0.717, 1.165) is 0 Å². The average molecular weight is 381 g/mol. The minimum Gasteiger partial charge on any atom is -0.422 e. The maximum absolute atomic E-state index is 12.2. The lowest BCUT2D eigenvalue weighted by Gasteiger charge is -2.16. The molecule has 0 saturated carbocycles. The molecule has 0 aliphatic rings. The first kappa shape index (κ1) is 18.7. The van der Waals surface area contributed by atoms with Gasteiger partial charge in [-0.05, 0) is 32.0 Å². The van der Waals surface area contributed by atoms with Crippen LogP contribution in [0.1, 0.15) is 13.8 Å². The topological polar surface area (TPSA) is 52.6 Å². The van der Waals surface area contributed by atoms with Crippen molar-refractivity contribution in [2.24, 2.45) is 0 Å². The van der Waals surface area contributed by atoms with Gasteiger partial charge < -0.3 is 9.47 Å². The molecule has 27 heavy (non-hydrogen) atoms. The van der Waals surface area contributed by atoms with Gasteiger partial charge in [-0.2, -0.15) is 0 Å². The summed E-state index contributed by atoms with van der Waals surface area (Å²) in [6, 6.07) is 12.3. The van der Waals surface area contributed by atoms with Gasteiger partial charge in [-0.1, -0.05) is 49.0 Å². The molecule has 0 amide bonds. The SMILES string of the molecule is C=C(C)C(=O)Oc1c2ccccc2c(OC(=O)C(=C)C)c2cc(Cl)ccc12. The summed E-state index contributed by atoms with van der Waals surface area (Å²) in [7, 11) is 0. The second-order valence-corrected chi connectivity index (χ2v) is 6.67. The summed E-state index contributed by atoms with van der Waals surface area (Å²) >= 11 is 6.17. The normalized spacial score (nSPS) is 10.6. The van der Waals surface area contributed by atoms with E-state index in [2.05, 4.69) is 13.2 Å². The molecule has 0 N–H and O–H groups in total. The van der Waals surface area contributed by atoms with Gasteiger partial charge in [0.25, 0.3) is 0 Å². The lowest BCUT2D eigenvalue weighted by molar-refractivity contribution is -0.130. The molecule has 0 atom stereocenters. The fraction of sp³-hybridized carbons (Fsp3) is 0.0909. The monoisotopic (exact) mass is 380 g/mol. The van der Waals surface area contributed by atoms with Crippen LogP contribution in [0, 0.1) is 0 Å². The van der Waals surface area contributed by atoms with E-state index < -0.39 is 11.9 Å². The molecule has 0 aromatic heterocycles. The first-order chi connectivity index (χ1) is 12.8. The number of fused-ring (bicyclic) bond motifs is 2. The third kappa shape index (κ3) is 3.57. The van der Waals surface area contributed by atoms with Gasteiger partial charge in [-0.3, -0.25) is 0 Å². The van der Waals surface area contributed by atoms with E-state index in [1.165, 1.54) is 0 Å². The van der Waals surface area contributed by atoms with Crippen LogP contribution in [0.2, 0.25) is 5.02 Å². The number of esters is 2. The van der Waals surface area contributed by atoms with Crippen molar-refractivity contribution >= 4 is 45.1 Å². The molecule has 0 fully saturated rings. The number of benzene rings is 3. The Morgan fingerprint density at radius 2 is 1.22 bits per heavy atom. The summed E-state index contributed by atoms with van der Waals surface area (Å²) in [5, 5.41) is 2.86. The highest BCUT2D eigenvalue weighted by Gasteiger charge is 2.20. The average Bonchev–Trinajstić information content (AvgIpc) is 2.63. The molecular weight excluding hydrogens is 364 g/mol. The summed E-state index contributed by atoms with van der Waals surface area (Å²) in [5.41, 5.74) is 0.547. The van der Waals surface area contributed by atoms with Crippen molar-refractivity contribution in [1.29, 1.82) is 0 Å². The molecule has 0 saturated heterocycles. The lowest BCUT2D eigenvalue weighted by atomic mass is 10.0. The molecule has 3 aromatic rings. The molecule has 0 unspecified atom stereocenters. The third-order valence-corrected chi connectivity index (χ3v) is 4.21. The summed E-state index contributed by atoms with van der Waals surface area (Å²) < 4.78 is 11.2. The highest BCUT2D eigenvalue weighted by atomic mass is 35.5. The van der Waals surface area contributed by atoms with Gasteiger partial charge in [-0.15, -0.1) is 0 Å². The Kier molecular flexibility index (Phi) is 5.02. The van der Waals surface area contributed by atoms with Crippen molar-refractivity contribution in [2.75, 3.05) is 0 Å². The predicted molar refractivity (Wildman–Crippen MR) is 107 cm³/mol. The Balaban J connectivity index is 2.39. The first-order valence-electron chi connectivity index (χ1n) is 8.19. The van der Waals surface area contributed by atoms with E-state index in [0.29, 0.717) is 38.1 Å². The van der Waals surface area contributed by atoms with E-state index >= 15 is 0 Å². The Labute approximate surface area is 161 Å². The number of hydrogen-bond acceptors (Lipinski definition) is 4.